The van der Waals surface area contributed by atoms with E-state index >= 15 is 0 Å². The van der Waals surface area contributed by atoms with Crippen molar-refractivity contribution in [1.82, 2.24) is 0 Å². The van der Waals surface area contributed by atoms with Gasteiger partial charge in [0.05, 0.1) is 0 Å². The van der Waals surface area contributed by atoms with Crippen LogP contribution in [0.25, 0.3) is 0 Å². The fourth-order valence-corrected chi connectivity index (χ4v) is 15.0. The Morgan fingerprint density at radius 2 is 1.90 bits per heavy atom. The van der Waals surface area contributed by atoms with Crippen molar-refractivity contribution in [3.05, 3.63) is 0 Å². The Morgan fingerprint density at radius 1 is 1.50 bits per heavy atom. The maximum atomic E-state index is 9.53. The molecule has 0 aliphatic heterocycles. The van der Waals surface area contributed by atoms with Crippen molar-refractivity contribution in [2.45, 2.75) is 25.5 Å². The number of thiol groups is 3. The number of halogens is 1. The third-order valence-corrected chi connectivity index (χ3v) is 12.0. The zero-order chi connectivity index (χ0) is 8.44. The van der Waals surface area contributed by atoms with E-state index < -0.39 is 11.9 Å². The van der Waals surface area contributed by atoms with Gasteiger partial charge in [-0.1, -0.05) is 0 Å². The van der Waals surface area contributed by atoms with Crippen LogP contribution >= 0.6 is 50.3 Å². The van der Waals surface area contributed by atoms with Crippen molar-refractivity contribution in [2.75, 3.05) is 0 Å². The van der Waals surface area contributed by atoms with Crippen LogP contribution in [0.3, 0.4) is 0 Å². The molecule has 0 aromatic rings. The van der Waals surface area contributed by atoms with Crippen LogP contribution in [0.5, 0.6) is 0 Å². The molecular formula is C4H13IOS4. The van der Waals surface area contributed by atoms with Gasteiger partial charge < -0.3 is 0 Å². The van der Waals surface area contributed by atoms with Crippen molar-refractivity contribution in [1.29, 1.82) is 0 Å². The van der Waals surface area contributed by atoms with Crippen LogP contribution in [0.4, 0.5) is 0 Å². The van der Waals surface area contributed by atoms with Gasteiger partial charge in [-0.2, -0.15) is 0 Å². The average Bonchev–Trinajstić information content (AvgIpc) is 1.59. The summed E-state index contributed by atoms with van der Waals surface area (Å²) in [5.74, 6) is 0. The number of hydrogen-bond acceptors (Lipinski definition) is 5. The summed E-state index contributed by atoms with van der Waals surface area (Å²) in [7, 11) is 13.5. The molecule has 1 N–H and O–H groups in total. The molecule has 0 aliphatic rings. The normalized spacial score (nSPS) is 19.6. The van der Waals surface area contributed by atoms with Crippen molar-refractivity contribution >= 4 is 50.3 Å². The second kappa shape index (κ2) is 3.87. The first-order chi connectivity index (χ1) is 4.21. The molecule has 0 aromatic heterocycles. The Balaban J connectivity index is 3.90. The minimum absolute atomic E-state index is 0.381. The molecule has 0 fully saturated rings. The van der Waals surface area contributed by atoms with Crippen molar-refractivity contribution in [3.63, 3.8) is 0 Å². The molecule has 1 unspecified atom stereocenters. The Kier molecular flexibility index (Phi) is 4.67. The molecule has 1 nitrogen and oxygen atoms in total. The summed E-state index contributed by atoms with van der Waals surface area (Å²) < 4.78 is 9.53. The van der Waals surface area contributed by atoms with Crippen LogP contribution in [0, 0.1) is 0 Å². The molecule has 0 rings (SSSR count). The van der Waals surface area contributed by atoms with Crippen LogP contribution in [-0.4, -0.2) is 8.69 Å². The van der Waals surface area contributed by atoms with Crippen LogP contribution in [0.15, 0.2) is 0 Å². The minimum atomic E-state index is -3.75. The summed E-state index contributed by atoms with van der Waals surface area (Å²) in [5.41, 5.74) is 0. The summed E-state index contributed by atoms with van der Waals surface area (Å²) in [4.78, 5) is 0. The van der Waals surface area contributed by atoms with Gasteiger partial charge in [0.1, 0.15) is 0 Å². The van der Waals surface area contributed by atoms with Crippen LogP contribution < -0.4 is 0 Å². The molecule has 6 heteroatoms. The molecular weight excluding hydrogens is 319 g/mol. The fourth-order valence-electron chi connectivity index (χ4n) is 0.335. The number of hydrogen-bond donors (Lipinski definition) is 4. The van der Waals surface area contributed by atoms with E-state index in [4.69, 9.17) is 0 Å². The molecule has 66 valence electrons. The molecule has 0 saturated heterocycles. The summed E-state index contributed by atoms with van der Waals surface area (Å²) in [5, 5.41) is 0.381. The van der Waals surface area contributed by atoms with Crippen LogP contribution in [0.1, 0.15) is 20.3 Å². The quantitative estimate of drug-likeness (QED) is 0.469. The van der Waals surface area contributed by atoms with Gasteiger partial charge in [-0.25, -0.2) is 0 Å². The molecule has 0 spiro atoms. The van der Waals surface area contributed by atoms with Gasteiger partial charge in [-0.15, -0.1) is 0 Å². The predicted molar refractivity (Wildman–Crippen MR) is 70.5 cm³/mol. The molecule has 0 aromatic carbocycles. The molecule has 0 saturated carbocycles. The molecule has 0 amide bonds. The molecule has 1 atom stereocenters. The van der Waals surface area contributed by atoms with Crippen molar-refractivity contribution < 1.29 is 3.44 Å². The molecule has 0 bridgehead atoms. The van der Waals surface area contributed by atoms with Gasteiger partial charge in [-0.05, 0) is 0 Å². The molecule has 0 heterocycles. The second-order valence-electron chi connectivity index (χ2n) is 2.04. The van der Waals surface area contributed by atoms with E-state index in [1.165, 1.54) is 8.93 Å². The summed E-state index contributed by atoms with van der Waals surface area (Å²) in [6.07, 6.45) is 1.00. The van der Waals surface area contributed by atoms with Crippen molar-refractivity contribution in [3.8, 4) is 0 Å². The van der Waals surface area contributed by atoms with Gasteiger partial charge in [0.2, 0.25) is 0 Å². The Hall–Kier alpha value is 2.09. The zero-order valence-electron chi connectivity index (χ0n) is 5.86. The molecule has 0 radical (unpaired) electrons. The fraction of sp³-hybridized carbons (Fsp3) is 1.00. The summed E-state index contributed by atoms with van der Waals surface area (Å²) in [6.45, 7) is 4.09. The summed E-state index contributed by atoms with van der Waals surface area (Å²) >= 11 is -3.75. The van der Waals surface area contributed by atoms with Gasteiger partial charge in [0, 0.05) is 0 Å². The first kappa shape index (κ1) is 12.1. The standard InChI is InChI=1S/C4H13IOS4/c1-3-4(2)10-5(6,7,8)9/h4,6-9H,3H2,1-2H3. The average molecular weight is 332 g/mol. The van der Waals surface area contributed by atoms with Crippen LogP contribution in [0.2, 0.25) is 0 Å². The predicted octanol–water partition coefficient (Wildman–Crippen LogP) is 3.45. The van der Waals surface area contributed by atoms with E-state index in [1.54, 1.807) is 0 Å². The monoisotopic (exact) mass is 332 g/mol. The topological polar surface area (TPSA) is 20.2 Å². The van der Waals surface area contributed by atoms with E-state index in [2.05, 4.69) is 36.3 Å². The molecule has 10 heavy (non-hydrogen) atoms. The zero-order valence-corrected chi connectivity index (χ0v) is 11.5. The van der Waals surface area contributed by atoms with E-state index in [9.17, 15) is 3.44 Å². The van der Waals surface area contributed by atoms with E-state index in [0.29, 0.717) is 5.25 Å². The van der Waals surface area contributed by atoms with E-state index in [-0.39, 0.29) is 0 Å². The van der Waals surface area contributed by atoms with Gasteiger partial charge in [-0.3, -0.25) is 0 Å². The van der Waals surface area contributed by atoms with Crippen molar-refractivity contribution in [2.24, 2.45) is 0 Å². The molecule has 0 aliphatic carbocycles. The number of rotatable bonds is 3. The van der Waals surface area contributed by atoms with Gasteiger partial charge in [0.15, 0.2) is 0 Å². The Labute approximate surface area is 78.3 Å². The second-order valence-corrected chi connectivity index (χ2v) is 36.0. The van der Waals surface area contributed by atoms with Crippen LogP contribution in [-0.2, 0) is 0 Å². The SMILES string of the molecule is CCC(C)SI(O)(S)(S)S. The Morgan fingerprint density at radius 3 is 2.00 bits per heavy atom. The van der Waals surface area contributed by atoms with Gasteiger partial charge in [0.25, 0.3) is 0 Å². The maximum absolute atomic E-state index is 9.53. The third kappa shape index (κ3) is 8.19. The van der Waals surface area contributed by atoms with E-state index in [1.807, 2.05) is 6.92 Å². The first-order valence-corrected chi connectivity index (χ1v) is 16.8. The third-order valence-electron chi connectivity index (χ3n) is 0.886. The Bertz CT molecular complexity index is 111. The summed E-state index contributed by atoms with van der Waals surface area (Å²) in [6, 6.07) is 0. The van der Waals surface area contributed by atoms with E-state index in [0.717, 1.165) is 6.42 Å². The van der Waals surface area contributed by atoms with Gasteiger partial charge >= 0.3 is 79.2 Å². The first-order valence-electron chi connectivity index (χ1n) is 2.76.